The SMILES string of the molecule is CC(C)C1CCN(CC(O)CBr)CC1. The van der Waals surface area contributed by atoms with Crippen molar-refractivity contribution in [2.75, 3.05) is 25.0 Å². The molecule has 2 nitrogen and oxygen atoms in total. The highest BCUT2D eigenvalue weighted by Gasteiger charge is 2.22. The molecule has 1 atom stereocenters. The van der Waals surface area contributed by atoms with E-state index in [4.69, 9.17) is 0 Å². The van der Waals surface area contributed by atoms with Crippen LogP contribution in [0, 0.1) is 11.8 Å². The molecule has 0 aliphatic carbocycles. The second kappa shape index (κ2) is 6.09. The summed E-state index contributed by atoms with van der Waals surface area (Å²) in [6.07, 6.45) is 2.39. The molecule has 0 amide bonds. The van der Waals surface area contributed by atoms with E-state index in [-0.39, 0.29) is 6.10 Å². The Labute approximate surface area is 95.8 Å². The summed E-state index contributed by atoms with van der Waals surface area (Å²) in [7, 11) is 0. The van der Waals surface area contributed by atoms with Gasteiger partial charge in [-0.15, -0.1) is 0 Å². The number of alkyl halides is 1. The van der Waals surface area contributed by atoms with E-state index in [1.54, 1.807) is 0 Å². The number of nitrogens with zero attached hydrogens (tertiary/aromatic N) is 1. The highest BCUT2D eigenvalue weighted by Crippen LogP contribution is 2.24. The third kappa shape index (κ3) is 3.87. The molecule has 0 aromatic heterocycles. The van der Waals surface area contributed by atoms with Gasteiger partial charge in [0.15, 0.2) is 0 Å². The van der Waals surface area contributed by atoms with Crippen LogP contribution in [0.2, 0.25) is 0 Å². The number of aliphatic hydroxyl groups excluding tert-OH is 1. The molecule has 84 valence electrons. The number of likely N-dealkylation sites (tertiary alicyclic amines) is 1. The zero-order valence-electron chi connectivity index (χ0n) is 9.25. The van der Waals surface area contributed by atoms with Crippen molar-refractivity contribution in [3.05, 3.63) is 0 Å². The van der Waals surface area contributed by atoms with Gasteiger partial charge in [0.25, 0.3) is 0 Å². The Balaban J connectivity index is 2.22. The van der Waals surface area contributed by atoms with Gasteiger partial charge < -0.3 is 10.0 Å². The van der Waals surface area contributed by atoms with Gasteiger partial charge in [0.05, 0.1) is 6.10 Å². The van der Waals surface area contributed by atoms with Gasteiger partial charge in [-0.1, -0.05) is 29.8 Å². The van der Waals surface area contributed by atoms with E-state index in [1.807, 2.05) is 0 Å². The number of hydrogen-bond donors (Lipinski definition) is 1. The molecule has 0 aromatic rings. The quantitative estimate of drug-likeness (QED) is 0.786. The Kier molecular flexibility index (Phi) is 5.42. The van der Waals surface area contributed by atoms with E-state index >= 15 is 0 Å². The minimum atomic E-state index is -0.203. The minimum Gasteiger partial charge on any atom is -0.391 e. The third-order valence-electron chi connectivity index (χ3n) is 3.22. The lowest BCUT2D eigenvalue weighted by Crippen LogP contribution is -2.40. The number of rotatable bonds is 4. The van der Waals surface area contributed by atoms with Crippen molar-refractivity contribution in [1.29, 1.82) is 0 Å². The lowest BCUT2D eigenvalue weighted by molar-refractivity contribution is 0.0942. The molecule has 0 saturated carbocycles. The summed E-state index contributed by atoms with van der Waals surface area (Å²) in [6, 6.07) is 0. The monoisotopic (exact) mass is 263 g/mol. The Morgan fingerprint density at radius 1 is 1.36 bits per heavy atom. The smallest absolute Gasteiger partial charge is 0.0763 e. The fourth-order valence-electron chi connectivity index (χ4n) is 2.15. The summed E-state index contributed by atoms with van der Waals surface area (Å²) < 4.78 is 0. The van der Waals surface area contributed by atoms with Crippen molar-refractivity contribution >= 4 is 15.9 Å². The van der Waals surface area contributed by atoms with Crippen molar-refractivity contribution in [3.63, 3.8) is 0 Å². The number of piperidine rings is 1. The zero-order chi connectivity index (χ0) is 10.6. The second-order valence-electron chi connectivity index (χ2n) is 4.69. The standard InChI is InChI=1S/C11H22BrNO/c1-9(2)10-3-5-13(6-4-10)8-11(14)7-12/h9-11,14H,3-8H2,1-2H3. The van der Waals surface area contributed by atoms with Crippen LogP contribution in [0.1, 0.15) is 26.7 Å². The Morgan fingerprint density at radius 3 is 2.36 bits per heavy atom. The molecular weight excluding hydrogens is 242 g/mol. The molecular formula is C11H22BrNO. The van der Waals surface area contributed by atoms with Gasteiger partial charge in [0.1, 0.15) is 0 Å². The molecule has 0 radical (unpaired) electrons. The van der Waals surface area contributed by atoms with Crippen LogP contribution in [0.3, 0.4) is 0 Å². The van der Waals surface area contributed by atoms with Gasteiger partial charge in [-0.05, 0) is 37.8 Å². The van der Waals surface area contributed by atoms with E-state index in [0.717, 1.165) is 31.5 Å². The molecule has 1 saturated heterocycles. The largest absolute Gasteiger partial charge is 0.391 e. The molecule has 1 aliphatic heterocycles. The van der Waals surface area contributed by atoms with Crippen LogP contribution >= 0.6 is 15.9 Å². The van der Waals surface area contributed by atoms with Crippen molar-refractivity contribution in [1.82, 2.24) is 4.90 Å². The Morgan fingerprint density at radius 2 is 1.93 bits per heavy atom. The van der Waals surface area contributed by atoms with E-state index in [2.05, 4.69) is 34.7 Å². The highest BCUT2D eigenvalue weighted by molar-refractivity contribution is 9.09. The maximum absolute atomic E-state index is 9.50. The normalized spacial score (nSPS) is 22.9. The van der Waals surface area contributed by atoms with E-state index in [9.17, 15) is 5.11 Å². The van der Waals surface area contributed by atoms with Crippen LogP contribution in [0.25, 0.3) is 0 Å². The number of hydrogen-bond acceptors (Lipinski definition) is 2. The fraction of sp³-hybridized carbons (Fsp3) is 1.00. The highest BCUT2D eigenvalue weighted by atomic mass is 79.9. The van der Waals surface area contributed by atoms with Crippen molar-refractivity contribution in [2.45, 2.75) is 32.8 Å². The van der Waals surface area contributed by atoms with Gasteiger partial charge >= 0.3 is 0 Å². The van der Waals surface area contributed by atoms with Crippen LogP contribution in [-0.2, 0) is 0 Å². The van der Waals surface area contributed by atoms with Crippen LogP contribution in [0.5, 0.6) is 0 Å². The number of halogens is 1. The first-order valence-electron chi connectivity index (χ1n) is 5.60. The van der Waals surface area contributed by atoms with Crippen LogP contribution in [0.15, 0.2) is 0 Å². The summed E-state index contributed by atoms with van der Waals surface area (Å²) in [4.78, 5) is 2.38. The number of β-amino-alcohol motifs (C(OH)–C–C–N with tert-alkyl or cyclic N) is 1. The predicted octanol–water partition coefficient (Wildman–Crippen LogP) is 2.11. The molecule has 1 N–H and O–H groups in total. The van der Waals surface area contributed by atoms with Gasteiger partial charge in [-0.2, -0.15) is 0 Å². The topological polar surface area (TPSA) is 23.5 Å². The minimum absolute atomic E-state index is 0.203. The maximum Gasteiger partial charge on any atom is 0.0763 e. The first-order chi connectivity index (χ1) is 6.63. The molecule has 0 bridgehead atoms. The Bertz CT molecular complexity index is 155. The fourth-order valence-corrected chi connectivity index (χ4v) is 2.35. The molecule has 1 heterocycles. The average molecular weight is 264 g/mol. The molecule has 0 spiro atoms. The Hall–Kier alpha value is 0.400. The van der Waals surface area contributed by atoms with Crippen LogP contribution in [0.4, 0.5) is 0 Å². The molecule has 1 aliphatic rings. The molecule has 14 heavy (non-hydrogen) atoms. The van der Waals surface area contributed by atoms with Crippen molar-refractivity contribution < 1.29 is 5.11 Å². The second-order valence-corrected chi connectivity index (χ2v) is 5.34. The van der Waals surface area contributed by atoms with Gasteiger partial charge in [0.2, 0.25) is 0 Å². The number of aliphatic hydroxyl groups is 1. The summed E-state index contributed by atoms with van der Waals surface area (Å²) in [5.74, 6) is 1.71. The lowest BCUT2D eigenvalue weighted by Gasteiger charge is -2.34. The van der Waals surface area contributed by atoms with E-state index in [1.165, 1.54) is 12.8 Å². The molecule has 1 fully saturated rings. The third-order valence-corrected chi connectivity index (χ3v) is 3.97. The van der Waals surface area contributed by atoms with E-state index < -0.39 is 0 Å². The summed E-state index contributed by atoms with van der Waals surface area (Å²) in [5, 5.41) is 10.2. The predicted molar refractivity (Wildman–Crippen MR) is 63.8 cm³/mol. The van der Waals surface area contributed by atoms with Gasteiger partial charge in [-0.3, -0.25) is 0 Å². The van der Waals surface area contributed by atoms with Crippen molar-refractivity contribution in [3.8, 4) is 0 Å². The lowest BCUT2D eigenvalue weighted by atomic mass is 9.87. The average Bonchev–Trinajstić information content (AvgIpc) is 2.18. The van der Waals surface area contributed by atoms with Gasteiger partial charge in [0, 0.05) is 11.9 Å². The molecule has 0 aromatic carbocycles. The van der Waals surface area contributed by atoms with E-state index in [0.29, 0.717) is 5.33 Å². The first-order valence-corrected chi connectivity index (χ1v) is 6.72. The zero-order valence-corrected chi connectivity index (χ0v) is 10.8. The first kappa shape index (κ1) is 12.5. The molecule has 1 unspecified atom stereocenters. The molecule has 3 heteroatoms. The maximum atomic E-state index is 9.50. The summed E-state index contributed by atoms with van der Waals surface area (Å²) >= 11 is 3.30. The summed E-state index contributed by atoms with van der Waals surface area (Å²) in [6.45, 7) is 7.77. The summed E-state index contributed by atoms with van der Waals surface area (Å²) in [5.41, 5.74) is 0. The van der Waals surface area contributed by atoms with Crippen LogP contribution < -0.4 is 0 Å². The van der Waals surface area contributed by atoms with Crippen molar-refractivity contribution in [2.24, 2.45) is 11.8 Å². The van der Waals surface area contributed by atoms with Crippen LogP contribution in [-0.4, -0.2) is 41.1 Å². The van der Waals surface area contributed by atoms with Gasteiger partial charge in [-0.25, -0.2) is 0 Å². The molecule has 1 rings (SSSR count).